The van der Waals surface area contributed by atoms with E-state index in [-0.39, 0.29) is 15.6 Å². The third-order valence-electron chi connectivity index (χ3n) is 6.23. The van der Waals surface area contributed by atoms with Crippen molar-refractivity contribution in [2.24, 2.45) is 0 Å². The fraction of sp³-hybridized carbons (Fsp3) is 0.296. The monoisotopic (exact) mass is 545 g/mol. The first-order valence-corrected chi connectivity index (χ1v) is 14.1. The Morgan fingerprint density at radius 3 is 2.25 bits per heavy atom. The number of nitrogens with one attached hydrogen (secondary N) is 1. The Kier molecular flexibility index (Phi) is 8.90. The summed E-state index contributed by atoms with van der Waals surface area (Å²) in [6.07, 6.45) is 3.68. The number of nitrogens with zero attached hydrogens (tertiary/aromatic N) is 2. The number of hydrogen-bond acceptors (Lipinski definition) is 4. The van der Waals surface area contributed by atoms with Gasteiger partial charge in [-0.2, -0.15) is 0 Å². The van der Waals surface area contributed by atoms with Crippen LogP contribution in [0.15, 0.2) is 77.7 Å². The van der Waals surface area contributed by atoms with E-state index in [1.807, 2.05) is 18.2 Å². The van der Waals surface area contributed by atoms with Crippen molar-refractivity contribution in [1.29, 1.82) is 0 Å². The molecule has 36 heavy (non-hydrogen) atoms. The Labute approximate surface area is 222 Å². The van der Waals surface area contributed by atoms with E-state index >= 15 is 0 Å². The van der Waals surface area contributed by atoms with Crippen LogP contribution in [-0.4, -0.2) is 38.9 Å². The lowest BCUT2D eigenvalue weighted by atomic mass is 10.0. The van der Waals surface area contributed by atoms with E-state index < -0.39 is 22.5 Å². The highest BCUT2D eigenvalue weighted by Gasteiger charge is 2.28. The molecular formula is C27H29Cl2N3O3S. The zero-order chi connectivity index (χ0) is 25.5. The minimum absolute atomic E-state index is 0.0655. The Bertz CT molecular complexity index is 1300. The third-order valence-corrected chi connectivity index (χ3v) is 8.55. The van der Waals surface area contributed by atoms with E-state index in [2.05, 4.69) is 16.3 Å². The highest BCUT2D eigenvalue weighted by Crippen LogP contribution is 2.32. The zero-order valence-corrected chi connectivity index (χ0v) is 22.2. The minimum Gasteiger partial charge on any atom is -0.350 e. The van der Waals surface area contributed by atoms with Crippen molar-refractivity contribution in [2.75, 3.05) is 23.9 Å². The van der Waals surface area contributed by atoms with Gasteiger partial charge in [-0.3, -0.25) is 14.0 Å². The molecule has 6 nitrogen and oxygen atoms in total. The SMILES string of the molecule is O=C(CN(c1ccc(Cl)cc1Cl)S(=O)(=O)c1ccccc1)NCc1ccccc1CN1CCCCC1. The number of carbonyl (C=O) groups excluding carboxylic acids is 1. The summed E-state index contributed by atoms with van der Waals surface area (Å²) in [6, 6.07) is 20.5. The van der Waals surface area contributed by atoms with Gasteiger partial charge in [0.15, 0.2) is 0 Å². The number of hydrogen-bond donors (Lipinski definition) is 1. The average molecular weight is 547 g/mol. The van der Waals surface area contributed by atoms with Crippen molar-refractivity contribution in [3.63, 3.8) is 0 Å². The number of rotatable bonds is 9. The second-order valence-corrected chi connectivity index (χ2v) is 11.5. The Morgan fingerprint density at radius 2 is 1.56 bits per heavy atom. The standard InChI is InChI=1S/C27H29Cl2N3O3S/c28-23-13-14-26(25(29)17-23)32(36(34,35)24-11-3-1-4-12-24)20-27(33)30-18-21-9-5-6-10-22(21)19-31-15-7-2-8-16-31/h1,3-6,9-14,17H,2,7-8,15-16,18-20H2,(H,30,33). The predicted octanol–water partition coefficient (Wildman–Crippen LogP) is 5.49. The summed E-state index contributed by atoms with van der Waals surface area (Å²) in [7, 11) is -4.06. The van der Waals surface area contributed by atoms with Gasteiger partial charge in [0.2, 0.25) is 5.91 Å². The lowest BCUT2D eigenvalue weighted by Crippen LogP contribution is -2.41. The molecule has 0 unspecified atom stereocenters. The van der Waals surface area contributed by atoms with Gasteiger partial charge in [-0.15, -0.1) is 0 Å². The average Bonchev–Trinajstić information content (AvgIpc) is 2.88. The first-order chi connectivity index (χ1) is 17.3. The Hall–Kier alpha value is -2.58. The highest BCUT2D eigenvalue weighted by molar-refractivity contribution is 7.92. The maximum atomic E-state index is 13.5. The van der Waals surface area contributed by atoms with Crippen molar-refractivity contribution in [2.45, 2.75) is 37.2 Å². The molecule has 0 aliphatic carbocycles. The molecule has 1 aliphatic heterocycles. The molecule has 9 heteroatoms. The van der Waals surface area contributed by atoms with Gasteiger partial charge in [0, 0.05) is 18.1 Å². The van der Waals surface area contributed by atoms with Gasteiger partial charge in [0.25, 0.3) is 10.0 Å². The van der Waals surface area contributed by atoms with Crippen LogP contribution < -0.4 is 9.62 Å². The van der Waals surface area contributed by atoms with Crippen LogP contribution in [0.3, 0.4) is 0 Å². The topological polar surface area (TPSA) is 69.7 Å². The van der Waals surface area contributed by atoms with Gasteiger partial charge in [-0.25, -0.2) is 8.42 Å². The van der Waals surface area contributed by atoms with Gasteiger partial charge >= 0.3 is 0 Å². The lowest BCUT2D eigenvalue weighted by Gasteiger charge is -2.27. The fourth-order valence-electron chi connectivity index (χ4n) is 4.33. The summed E-state index contributed by atoms with van der Waals surface area (Å²) >= 11 is 12.4. The van der Waals surface area contributed by atoms with Crippen LogP contribution in [0, 0.1) is 0 Å². The smallest absolute Gasteiger partial charge is 0.264 e. The molecule has 190 valence electrons. The minimum atomic E-state index is -4.06. The predicted molar refractivity (Wildman–Crippen MR) is 145 cm³/mol. The summed E-state index contributed by atoms with van der Waals surface area (Å²) in [5.41, 5.74) is 2.36. The largest absolute Gasteiger partial charge is 0.350 e. The molecule has 1 fully saturated rings. The highest BCUT2D eigenvalue weighted by atomic mass is 35.5. The fourth-order valence-corrected chi connectivity index (χ4v) is 6.35. The third kappa shape index (κ3) is 6.59. The molecule has 0 radical (unpaired) electrons. The number of piperidine rings is 1. The number of halogens is 2. The summed E-state index contributed by atoms with van der Waals surface area (Å²) in [6.45, 7) is 2.87. The first kappa shape index (κ1) is 26.5. The molecule has 3 aromatic carbocycles. The van der Waals surface area contributed by atoms with Crippen molar-refractivity contribution in [3.05, 3.63) is 94.0 Å². The molecular weight excluding hydrogens is 517 g/mol. The number of anilines is 1. The molecule has 1 heterocycles. The van der Waals surface area contributed by atoms with E-state index in [0.717, 1.165) is 35.1 Å². The molecule has 1 amide bonds. The van der Waals surface area contributed by atoms with Crippen LogP contribution in [0.25, 0.3) is 0 Å². The molecule has 0 saturated carbocycles. The van der Waals surface area contributed by atoms with Crippen LogP contribution in [0.4, 0.5) is 5.69 Å². The summed E-state index contributed by atoms with van der Waals surface area (Å²) in [4.78, 5) is 15.6. The molecule has 1 aliphatic rings. The lowest BCUT2D eigenvalue weighted by molar-refractivity contribution is -0.119. The van der Waals surface area contributed by atoms with Crippen molar-refractivity contribution >= 4 is 44.8 Å². The van der Waals surface area contributed by atoms with Gasteiger partial charge in [0.05, 0.1) is 15.6 Å². The number of carbonyl (C=O) groups is 1. The number of amides is 1. The van der Waals surface area contributed by atoms with E-state index in [9.17, 15) is 13.2 Å². The normalized spacial score (nSPS) is 14.4. The number of likely N-dealkylation sites (tertiary alicyclic amines) is 1. The number of benzene rings is 3. The van der Waals surface area contributed by atoms with Crippen molar-refractivity contribution < 1.29 is 13.2 Å². The van der Waals surface area contributed by atoms with Gasteiger partial charge in [-0.05, 0) is 67.4 Å². The maximum absolute atomic E-state index is 13.5. The van der Waals surface area contributed by atoms with Gasteiger partial charge in [0.1, 0.15) is 6.54 Å². The van der Waals surface area contributed by atoms with E-state index in [4.69, 9.17) is 23.2 Å². The quantitative estimate of drug-likeness (QED) is 0.386. The van der Waals surface area contributed by atoms with E-state index in [1.54, 1.807) is 24.3 Å². The summed E-state index contributed by atoms with van der Waals surface area (Å²) in [5.74, 6) is -0.437. The summed E-state index contributed by atoms with van der Waals surface area (Å²) in [5, 5.41) is 3.41. The van der Waals surface area contributed by atoms with E-state index in [1.165, 1.54) is 43.5 Å². The molecule has 1 N–H and O–H groups in total. The molecule has 1 saturated heterocycles. The first-order valence-electron chi connectivity index (χ1n) is 11.9. The van der Waals surface area contributed by atoms with Crippen LogP contribution in [-0.2, 0) is 27.9 Å². The second-order valence-electron chi connectivity index (χ2n) is 8.80. The molecule has 3 aromatic rings. The summed E-state index contributed by atoms with van der Waals surface area (Å²) < 4.78 is 28.0. The van der Waals surface area contributed by atoms with Crippen LogP contribution >= 0.6 is 23.2 Å². The molecule has 0 aromatic heterocycles. The van der Waals surface area contributed by atoms with Crippen LogP contribution in [0.5, 0.6) is 0 Å². The molecule has 4 rings (SSSR count). The second kappa shape index (κ2) is 12.1. The number of sulfonamides is 1. The van der Waals surface area contributed by atoms with Crippen molar-refractivity contribution in [3.8, 4) is 0 Å². The Balaban J connectivity index is 1.52. The maximum Gasteiger partial charge on any atom is 0.264 e. The van der Waals surface area contributed by atoms with Crippen LogP contribution in [0.2, 0.25) is 10.0 Å². The zero-order valence-electron chi connectivity index (χ0n) is 19.9. The van der Waals surface area contributed by atoms with E-state index in [0.29, 0.717) is 11.6 Å². The van der Waals surface area contributed by atoms with Gasteiger partial charge in [-0.1, -0.05) is 72.1 Å². The molecule has 0 atom stereocenters. The van der Waals surface area contributed by atoms with Crippen molar-refractivity contribution in [1.82, 2.24) is 10.2 Å². The Morgan fingerprint density at radius 1 is 0.889 bits per heavy atom. The molecule has 0 spiro atoms. The van der Waals surface area contributed by atoms with Crippen LogP contribution in [0.1, 0.15) is 30.4 Å². The van der Waals surface area contributed by atoms with Gasteiger partial charge < -0.3 is 5.32 Å². The molecule has 0 bridgehead atoms.